The highest BCUT2D eigenvalue weighted by Crippen LogP contribution is 2.54. The van der Waals surface area contributed by atoms with Crippen LogP contribution in [0.2, 0.25) is 0 Å². The van der Waals surface area contributed by atoms with Crippen LogP contribution in [0, 0.1) is 0 Å². The van der Waals surface area contributed by atoms with Gasteiger partial charge in [-0.25, -0.2) is 4.99 Å². The van der Waals surface area contributed by atoms with E-state index in [0.29, 0.717) is 12.5 Å². The molecule has 1 aliphatic heterocycles. The quantitative estimate of drug-likeness (QED) is 0.810. The molecule has 1 unspecified atom stereocenters. The molecule has 3 rings (SSSR count). The molecule has 1 atom stereocenters. The molecule has 2 aromatic rings. The molecule has 1 aliphatic rings. The standard InChI is InChI=1S/C16H16NO2P/c1-2-19-15-16(17-15)20(18,13-9-5-3-6-10-13)14-11-7-4-8-12-14/h3-12,16H,2H2,1H3. The van der Waals surface area contributed by atoms with Crippen LogP contribution < -0.4 is 10.6 Å². The summed E-state index contributed by atoms with van der Waals surface area (Å²) in [6, 6.07) is 19.1. The number of hydrogen-bond donors (Lipinski definition) is 0. The Morgan fingerprint density at radius 3 is 1.95 bits per heavy atom. The van der Waals surface area contributed by atoms with Gasteiger partial charge in [0.15, 0.2) is 12.9 Å². The van der Waals surface area contributed by atoms with Crippen molar-refractivity contribution in [3.63, 3.8) is 0 Å². The van der Waals surface area contributed by atoms with E-state index >= 15 is 0 Å². The van der Waals surface area contributed by atoms with E-state index in [0.717, 1.165) is 10.6 Å². The van der Waals surface area contributed by atoms with E-state index in [1.54, 1.807) is 0 Å². The van der Waals surface area contributed by atoms with Crippen molar-refractivity contribution in [1.82, 2.24) is 0 Å². The van der Waals surface area contributed by atoms with E-state index in [1.165, 1.54) is 0 Å². The zero-order valence-corrected chi connectivity index (χ0v) is 12.2. The summed E-state index contributed by atoms with van der Waals surface area (Å²) in [7, 11) is -2.80. The minimum atomic E-state index is -2.80. The first-order chi connectivity index (χ1) is 9.76. The first-order valence-corrected chi connectivity index (χ1v) is 8.46. The van der Waals surface area contributed by atoms with E-state index in [9.17, 15) is 4.57 Å². The van der Waals surface area contributed by atoms with Gasteiger partial charge in [0.05, 0.1) is 6.61 Å². The molecule has 3 nitrogen and oxygen atoms in total. The fourth-order valence-electron chi connectivity index (χ4n) is 2.31. The van der Waals surface area contributed by atoms with Crippen molar-refractivity contribution < 1.29 is 9.30 Å². The van der Waals surface area contributed by atoms with Crippen LogP contribution in [0.4, 0.5) is 0 Å². The van der Waals surface area contributed by atoms with E-state index in [4.69, 9.17) is 4.74 Å². The molecule has 0 fully saturated rings. The van der Waals surface area contributed by atoms with E-state index in [-0.39, 0.29) is 5.78 Å². The molecule has 4 heteroatoms. The molecule has 0 amide bonds. The van der Waals surface area contributed by atoms with Gasteiger partial charge in [0.25, 0.3) is 0 Å². The number of benzene rings is 2. The predicted molar refractivity (Wildman–Crippen MR) is 82.6 cm³/mol. The summed E-state index contributed by atoms with van der Waals surface area (Å²) in [5, 5.41) is 1.66. The van der Waals surface area contributed by atoms with Crippen LogP contribution in [0.3, 0.4) is 0 Å². The highest BCUT2D eigenvalue weighted by atomic mass is 31.2. The number of aliphatic imine (C=N–C) groups is 1. The van der Waals surface area contributed by atoms with E-state index in [2.05, 4.69) is 4.99 Å². The number of rotatable bonds is 4. The average Bonchev–Trinajstić information content (AvgIpc) is 3.28. The Labute approximate surface area is 118 Å². The van der Waals surface area contributed by atoms with Crippen LogP contribution in [0.25, 0.3) is 0 Å². The van der Waals surface area contributed by atoms with Gasteiger partial charge < -0.3 is 9.30 Å². The molecular formula is C16H16NO2P. The molecule has 1 heterocycles. The van der Waals surface area contributed by atoms with Gasteiger partial charge in [0, 0.05) is 10.6 Å². The Morgan fingerprint density at radius 1 is 1.00 bits per heavy atom. The van der Waals surface area contributed by atoms with Gasteiger partial charge in [-0.15, -0.1) is 0 Å². The van der Waals surface area contributed by atoms with Crippen LogP contribution in [-0.4, -0.2) is 18.3 Å². The van der Waals surface area contributed by atoms with Crippen molar-refractivity contribution in [3.05, 3.63) is 60.7 Å². The fourth-order valence-corrected chi connectivity index (χ4v) is 5.07. The lowest BCUT2D eigenvalue weighted by atomic mass is 10.4. The Balaban J connectivity index is 2.04. The zero-order chi connectivity index (χ0) is 14.0. The van der Waals surface area contributed by atoms with Gasteiger partial charge in [-0.2, -0.15) is 0 Å². The number of ether oxygens (including phenoxy) is 1. The van der Waals surface area contributed by atoms with Gasteiger partial charge in [0.1, 0.15) is 0 Å². The summed E-state index contributed by atoms with van der Waals surface area (Å²) in [6.07, 6.45) is 0. The molecule has 0 saturated carbocycles. The van der Waals surface area contributed by atoms with Crippen LogP contribution in [0.15, 0.2) is 65.7 Å². The molecular weight excluding hydrogens is 269 g/mol. The number of hydrogen-bond acceptors (Lipinski definition) is 3. The molecule has 20 heavy (non-hydrogen) atoms. The summed E-state index contributed by atoms with van der Waals surface area (Å²) in [5.74, 6) is 0.288. The van der Waals surface area contributed by atoms with Crippen LogP contribution in [0.5, 0.6) is 0 Å². The van der Waals surface area contributed by atoms with Crippen LogP contribution in [-0.2, 0) is 9.30 Å². The smallest absolute Gasteiger partial charge is 0.218 e. The summed E-state index contributed by atoms with van der Waals surface area (Å²) < 4.78 is 19.1. The molecule has 2 aromatic carbocycles. The maximum atomic E-state index is 13.7. The Kier molecular flexibility index (Phi) is 3.45. The van der Waals surface area contributed by atoms with Crippen molar-refractivity contribution in [3.8, 4) is 0 Å². The summed E-state index contributed by atoms with van der Waals surface area (Å²) in [4.78, 5) is 4.30. The van der Waals surface area contributed by atoms with E-state index < -0.39 is 7.14 Å². The molecule has 0 aromatic heterocycles. The highest BCUT2D eigenvalue weighted by molar-refractivity contribution is 7.80. The third-order valence-electron chi connectivity index (χ3n) is 3.32. The normalized spacial score (nSPS) is 17.4. The average molecular weight is 285 g/mol. The third-order valence-corrected chi connectivity index (χ3v) is 6.47. The van der Waals surface area contributed by atoms with Crippen molar-refractivity contribution >= 4 is 23.6 Å². The predicted octanol–water partition coefficient (Wildman–Crippen LogP) is 2.78. The molecule has 0 aliphatic carbocycles. The van der Waals surface area contributed by atoms with Crippen LogP contribution in [0.1, 0.15) is 6.92 Å². The Bertz CT molecular complexity index is 624. The zero-order valence-electron chi connectivity index (χ0n) is 11.3. The van der Waals surface area contributed by atoms with Crippen molar-refractivity contribution in [2.75, 3.05) is 6.61 Å². The van der Waals surface area contributed by atoms with Gasteiger partial charge >= 0.3 is 0 Å². The summed E-state index contributed by atoms with van der Waals surface area (Å²) >= 11 is 0. The Hall–Kier alpha value is -1.86. The lowest BCUT2D eigenvalue weighted by Crippen LogP contribution is -2.22. The second-order valence-electron chi connectivity index (χ2n) is 4.60. The van der Waals surface area contributed by atoms with Crippen molar-refractivity contribution in [1.29, 1.82) is 0 Å². The fraction of sp³-hybridized carbons (Fsp3) is 0.188. The summed E-state index contributed by atoms with van der Waals surface area (Å²) in [5.41, 5.74) is 0. The third kappa shape index (κ3) is 2.19. The minimum Gasteiger partial charge on any atom is -0.479 e. The minimum absolute atomic E-state index is 0.327. The van der Waals surface area contributed by atoms with Crippen LogP contribution >= 0.6 is 7.14 Å². The van der Waals surface area contributed by atoms with Crippen molar-refractivity contribution in [2.45, 2.75) is 12.7 Å². The largest absolute Gasteiger partial charge is 0.479 e. The first kappa shape index (κ1) is 13.1. The lowest BCUT2D eigenvalue weighted by Gasteiger charge is -2.17. The molecule has 0 saturated heterocycles. The molecule has 0 bridgehead atoms. The maximum absolute atomic E-state index is 13.7. The van der Waals surface area contributed by atoms with E-state index in [1.807, 2.05) is 67.6 Å². The maximum Gasteiger partial charge on any atom is 0.218 e. The molecule has 102 valence electrons. The molecule has 0 N–H and O–H groups in total. The second kappa shape index (κ2) is 5.26. The van der Waals surface area contributed by atoms with Crippen molar-refractivity contribution in [2.24, 2.45) is 4.99 Å². The lowest BCUT2D eigenvalue weighted by molar-refractivity contribution is 0.335. The van der Waals surface area contributed by atoms with Gasteiger partial charge in [0.2, 0.25) is 5.90 Å². The van der Waals surface area contributed by atoms with Gasteiger partial charge in [-0.1, -0.05) is 60.7 Å². The second-order valence-corrected chi connectivity index (χ2v) is 7.44. The van der Waals surface area contributed by atoms with Gasteiger partial charge in [-0.3, -0.25) is 0 Å². The number of nitrogens with zero attached hydrogens (tertiary/aromatic N) is 1. The monoisotopic (exact) mass is 285 g/mol. The Morgan fingerprint density at radius 2 is 1.50 bits per heavy atom. The molecule has 0 radical (unpaired) electrons. The summed E-state index contributed by atoms with van der Waals surface area (Å²) in [6.45, 7) is 2.47. The highest BCUT2D eigenvalue weighted by Gasteiger charge is 2.48. The first-order valence-electron chi connectivity index (χ1n) is 6.68. The van der Waals surface area contributed by atoms with Gasteiger partial charge in [-0.05, 0) is 6.92 Å². The SMILES string of the molecule is CCOC1=NC1P(=O)(c1ccccc1)c1ccccc1. The topological polar surface area (TPSA) is 38.7 Å². The molecule has 0 spiro atoms.